The molecule has 0 spiro atoms. The number of nitriles is 1. The third-order valence-electron chi connectivity index (χ3n) is 4.39. The summed E-state index contributed by atoms with van der Waals surface area (Å²) in [5.74, 6) is 0.164. The van der Waals surface area contributed by atoms with E-state index in [-0.39, 0.29) is 16.9 Å². The van der Waals surface area contributed by atoms with Crippen molar-refractivity contribution in [3.63, 3.8) is 0 Å². The Morgan fingerprint density at radius 1 is 1.44 bits per heavy atom. The molecular weight excluding hydrogens is 364 g/mol. The Bertz CT molecular complexity index is 1090. The molecule has 0 amide bonds. The molecule has 9 heteroatoms. The van der Waals surface area contributed by atoms with Crippen molar-refractivity contribution < 1.29 is 9.53 Å². The van der Waals surface area contributed by atoms with Crippen LogP contribution in [0.3, 0.4) is 0 Å². The Labute approximate surface area is 159 Å². The summed E-state index contributed by atoms with van der Waals surface area (Å²) in [7, 11) is 1.28. The molecule has 0 fully saturated rings. The molecule has 0 radical (unpaired) electrons. The van der Waals surface area contributed by atoms with E-state index < -0.39 is 5.97 Å². The highest BCUT2D eigenvalue weighted by Gasteiger charge is 2.25. The second kappa shape index (κ2) is 6.48. The van der Waals surface area contributed by atoms with E-state index in [4.69, 9.17) is 10.5 Å². The van der Waals surface area contributed by atoms with Crippen molar-refractivity contribution >= 4 is 23.4 Å². The predicted octanol–water partition coefficient (Wildman–Crippen LogP) is 2.47. The molecule has 3 aromatic rings. The van der Waals surface area contributed by atoms with Crippen molar-refractivity contribution in [2.45, 2.75) is 23.9 Å². The summed E-state index contributed by atoms with van der Waals surface area (Å²) in [6.45, 7) is 2.99. The summed E-state index contributed by atoms with van der Waals surface area (Å²) in [6, 6.07) is 9.52. The van der Waals surface area contributed by atoms with Gasteiger partial charge in [0.2, 0.25) is 0 Å². The minimum Gasteiger partial charge on any atom is -0.464 e. The van der Waals surface area contributed by atoms with Crippen LogP contribution in [0.2, 0.25) is 0 Å². The van der Waals surface area contributed by atoms with Gasteiger partial charge in [-0.15, -0.1) is 10.2 Å². The van der Waals surface area contributed by atoms with Crippen LogP contribution in [0.25, 0.3) is 17.1 Å². The molecule has 0 saturated heterocycles. The highest BCUT2D eigenvalue weighted by atomic mass is 32.2. The number of esters is 1. The summed E-state index contributed by atoms with van der Waals surface area (Å²) in [6.07, 6.45) is 1.53. The summed E-state index contributed by atoms with van der Waals surface area (Å²) in [4.78, 5) is 12.2. The van der Waals surface area contributed by atoms with Crippen molar-refractivity contribution in [2.24, 2.45) is 0 Å². The van der Waals surface area contributed by atoms with Crippen molar-refractivity contribution in [3.05, 3.63) is 41.7 Å². The average molecular weight is 380 g/mol. The minimum absolute atomic E-state index is 0.100. The number of anilines is 1. The van der Waals surface area contributed by atoms with Gasteiger partial charge in [0.05, 0.1) is 18.4 Å². The number of thioether (sulfide) groups is 1. The number of hydrogen-bond acceptors (Lipinski definition) is 7. The SMILES string of the molecule is COC(=O)c1c(N)c(C#N)cn1-c1cccc(-c2nnc3n2CC(C)S3)c1. The van der Waals surface area contributed by atoms with E-state index >= 15 is 0 Å². The standard InChI is InChI=1S/C18H16N6O2S/c1-10-8-24-16(21-22-18(24)27-10)11-4-3-5-13(6-11)23-9-12(7-19)14(20)15(23)17(25)26-2/h3-6,9-10H,8,20H2,1-2H3. The van der Waals surface area contributed by atoms with E-state index in [1.54, 1.807) is 16.3 Å². The van der Waals surface area contributed by atoms with Crippen LogP contribution in [0.5, 0.6) is 0 Å². The normalized spacial score (nSPS) is 15.4. The lowest BCUT2D eigenvalue weighted by molar-refractivity contribution is 0.0593. The van der Waals surface area contributed by atoms with Crippen molar-refractivity contribution in [1.29, 1.82) is 5.26 Å². The lowest BCUT2D eigenvalue weighted by Gasteiger charge is -2.10. The molecule has 2 aromatic heterocycles. The molecule has 27 heavy (non-hydrogen) atoms. The summed E-state index contributed by atoms with van der Waals surface area (Å²) >= 11 is 1.70. The molecule has 1 unspecified atom stereocenters. The van der Waals surface area contributed by atoms with Gasteiger partial charge in [-0.25, -0.2) is 4.79 Å². The van der Waals surface area contributed by atoms with Gasteiger partial charge in [-0.2, -0.15) is 5.26 Å². The third kappa shape index (κ3) is 2.74. The highest BCUT2D eigenvalue weighted by molar-refractivity contribution is 7.99. The number of fused-ring (bicyclic) bond motifs is 1. The molecule has 0 saturated carbocycles. The molecule has 0 bridgehead atoms. The summed E-state index contributed by atoms with van der Waals surface area (Å²) in [5, 5.41) is 19.2. The zero-order valence-corrected chi connectivity index (χ0v) is 15.5. The number of methoxy groups -OCH3 is 1. The number of nitrogens with zero attached hydrogens (tertiary/aromatic N) is 5. The minimum atomic E-state index is -0.604. The largest absolute Gasteiger partial charge is 0.464 e. The van der Waals surface area contributed by atoms with Crippen LogP contribution in [0.1, 0.15) is 23.0 Å². The van der Waals surface area contributed by atoms with Gasteiger partial charge in [-0.3, -0.25) is 0 Å². The number of hydrogen-bond donors (Lipinski definition) is 1. The Hall–Kier alpha value is -3.25. The zero-order chi connectivity index (χ0) is 19.1. The Balaban J connectivity index is 1.83. The molecule has 1 aromatic carbocycles. The molecule has 136 valence electrons. The van der Waals surface area contributed by atoms with E-state index in [9.17, 15) is 10.1 Å². The van der Waals surface area contributed by atoms with Gasteiger partial charge in [-0.05, 0) is 12.1 Å². The highest BCUT2D eigenvalue weighted by Crippen LogP contribution is 2.34. The van der Waals surface area contributed by atoms with E-state index in [0.29, 0.717) is 10.9 Å². The first-order valence-corrected chi connectivity index (χ1v) is 9.11. The van der Waals surface area contributed by atoms with Crippen LogP contribution in [0, 0.1) is 11.3 Å². The van der Waals surface area contributed by atoms with E-state index in [2.05, 4.69) is 21.7 Å². The average Bonchev–Trinajstić information content (AvgIpc) is 3.32. The predicted molar refractivity (Wildman–Crippen MR) is 101 cm³/mol. The van der Waals surface area contributed by atoms with Gasteiger partial charge >= 0.3 is 5.97 Å². The number of carbonyl (C=O) groups excluding carboxylic acids is 1. The monoisotopic (exact) mass is 380 g/mol. The summed E-state index contributed by atoms with van der Waals surface area (Å²) < 4.78 is 8.49. The summed E-state index contributed by atoms with van der Waals surface area (Å²) in [5.41, 5.74) is 7.96. The van der Waals surface area contributed by atoms with Crippen LogP contribution < -0.4 is 5.73 Å². The fourth-order valence-electron chi connectivity index (χ4n) is 3.14. The van der Waals surface area contributed by atoms with E-state index in [1.165, 1.54) is 13.3 Å². The molecule has 4 rings (SSSR count). The van der Waals surface area contributed by atoms with E-state index in [0.717, 1.165) is 23.1 Å². The quantitative estimate of drug-likeness (QED) is 0.695. The number of carbonyl (C=O) groups is 1. The molecule has 3 heterocycles. The van der Waals surface area contributed by atoms with Crippen LogP contribution in [0.15, 0.2) is 35.6 Å². The van der Waals surface area contributed by atoms with Crippen LogP contribution in [-0.4, -0.2) is 37.7 Å². The van der Waals surface area contributed by atoms with Gasteiger partial charge < -0.3 is 19.6 Å². The van der Waals surface area contributed by atoms with Crippen LogP contribution in [-0.2, 0) is 11.3 Å². The van der Waals surface area contributed by atoms with Crippen molar-refractivity contribution in [3.8, 4) is 23.1 Å². The number of aromatic nitrogens is 4. The van der Waals surface area contributed by atoms with Crippen molar-refractivity contribution in [2.75, 3.05) is 12.8 Å². The Morgan fingerprint density at radius 3 is 3.00 bits per heavy atom. The first kappa shape index (κ1) is 17.2. The third-order valence-corrected chi connectivity index (χ3v) is 5.45. The maximum atomic E-state index is 12.2. The number of rotatable bonds is 3. The number of nitrogen functional groups attached to an aromatic ring is 1. The molecule has 1 atom stereocenters. The lowest BCUT2D eigenvalue weighted by atomic mass is 10.2. The Morgan fingerprint density at radius 2 is 2.26 bits per heavy atom. The topological polar surface area (TPSA) is 112 Å². The fraction of sp³-hybridized carbons (Fsp3) is 0.222. The van der Waals surface area contributed by atoms with E-state index in [1.807, 2.05) is 30.3 Å². The zero-order valence-electron chi connectivity index (χ0n) is 14.7. The maximum Gasteiger partial charge on any atom is 0.357 e. The van der Waals surface area contributed by atoms with Crippen LogP contribution in [0.4, 0.5) is 5.69 Å². The Kier molecular flexibility index (Phi) is 4.12. The molecule has 1 aliphatic rings. The van der Waals surface area contributed by atoms with Crippen molar-refractivity contribution in [1.82, 2.24) is 19.3 Å². The number of ether oxygens (including phenoxy) is 1. The molecular formula is C18H16N6O2S. The smallest absolute Gasteiger partial charge is 0.357 e. The van der Waals surface area contributed by atoms with Gasteiger partial charge in [0, 0.05) is 29.2 Å². The fourth-order valence-corrected chi connectivity index (χ4v) is 4.10. The number of benzene rings is 1. The second-order valence-electron chi connectivity index (χ2n) is 6.17. The maximum absolute atomic E-state index is 12.2. The lowest BCUT2D eigenvalue weighted by Crippen LogP contribution is -2.11. The van der Waals surface area contributed by atoms with Gasteiger partial charge in [0.25, 0.3) is 0 Å². The van der Waals surface area contributed by atoms with Gasteiger partial charge in [0.15, 0.2) is 16.7 Å². The first-order valence-electron chi connectivity index (χ1n) is 8.23. The first-order chi connectivity index (χ1) is 13.0. The molecule has 0 aliphatic carbocycles. The molecule has 8 nitrogen and oxygen atoms in total. The van der Waals surface area contributed by atoms with Gasteiger partial charge in [-0.1, -0.05) is 30.8 Å². The second-order valence-corrected chi connectivity index (χ2v) is 7.58. The van der Waals surface area contributed by atoms with Gasteiger partial charge in [0.1, 0.15) is 6.07 Å². The molecule has 2 N–H and O–H groups in total. The van der Waals surface area contributed by atoms with Crippen LogP contribution >= 0.6 is 11.8 Å². The molecule has 1 aliphatic heterocycles. The number of nitrogens with two attached hydrogens (primary N) is 1.